The van der Waals surface area contributed by atoms with Crippen molar-refractivity contribution >= 4 is 35.2 Å². The van der Waals surface area contributed by atoms with E-state index in [2.05, 4.69) is 20.9 Å². The lowest BCUT2D eigenvalue weighted by molar-refractivity contribution is -0.144. The molecule has 4 rings (SSSR count). The average Bonchev–Trinajstić information content (AvgIpc) is 3.66. The van der Waals surface area contributed by atoms with E-state index in [0.29, 0.717) is 19.4 Å². The smallest absolute Gasteiger partial charge is 0.407 e. The molecule has 270 valence electrons. The highest BCUT2D eigenvalue weighted by molar-refractivity contribution is 7.13. The number of benzene rings is 2. The molecule has 1 aromatic heterocycles. The monoisotopic (exact) mass is 705 g/mol. The van der Waals surface area contributed by atoms with Crippen LogP contribution < -0.4 is 16.0 Å². The fourth-order valence-electron chi connectivity index (χ4n) is 5.78. The molecule has 1 unspecified atom stereocenters. The van der Waals surface area contributed by atoms with Gasteiger partial charge in [-0.1, -0.05) is 69.3 Å². The summed E-state index contributed by atoms with van der Waals surface area (Å²) in [6.45, 7) is 13.7. The lowest BCUT2D eigenvalue weighted by atomic mass is 9.85. The van der Waals surface area contributed by atoms with Crippen LogP contribution in [0, 0.1) is 12.3 Å². The van der Waals surface area contributed by atoms with Gasteiger partial charge in [0.2, 0.25) is 17.7 Å². The first kappa shape index (κ1) is 38.5. The zero-order chi connectivity index (χ0) is 36.6. The van der Waals surface area contributed by atoms with E-state index in [1.54, 1.807) is 11.3 Å². The third-order valence-corrected chi connectivity index (χ3v) is 9.42. The van der Waals surface area contributed by atoms with Crippen LogP contribution >= 0.6 is 11.3 Å². The number of amides is 4. The maximum absolute atomic E-state index is 13.9. The summed E-state index contributed by atoms with van der Waals surface area (Å²) in [5.74, 6) is -0.987. The van der Waals surface area contributed by atoms with E-state index in [1.807, 2.05) is 103 Å². The number of aliphatic hydroxyl groups excluding tert-OH is 1. The van der Waals surface area contributed by atoms with Crippen molar-refractivity contribution in [3.63, 3.8) is 0 Å². The molecule has 0 saturated carbocycles. The Bertz CT molecular complexity index is 1620. The topological polar surface area (TPSA) is 150 Å². The number of aromatic nitrogens is 1. The summed E-state index contributed by atoms with van der Waals surface area (Å²) < 4.78 is 5.27. The molecule has 0 radical (unpaired) electrons. The molecule has 0 bridgehead atoms. The number of β-amino-alcohol motifs (C(OH)–C–C–N with tert-alkyl or cyclic N) is 1. The lowest BCUT2D eigenvalue weighted by Crippen LogP contribution is -2.57. The van der Waals surface area contributed by atoms with Gasteiger partial charge in [0.1, 0.15) is 17.7 Å². The number of nitrogens with zero attached hydrogens (tertiary/aromatic N) is 2. The second-order valence-corrected chi connectivity index (χ2v) is 15.8. The number of hydrogen-bond acceptors (Lipinski definition) is 8. The molecule has 0 aliphatic carbocycles. The van der Waals surface area contributed by atoms with Crippen molar-refractivity contribution in [1.82, 2.24) is 25.8 Å². The van der Waals surface area contributed by atoms with E-state index in [4.69, 9.17) is 4.74 Å². The minimum Gasteiger partial charge on any atom is -0.444 e. The van der Waals surface area contributed by atoms with E-state index in [0.717, 1.165) is 32.8 Å². The van der Waals surface area contributed by atoms with Gasteiger partial charge in [-0.25, -0.2) is 9.78 Å². The molecule has 2 heterocycles. The number of thiazole rings is 1. The summed E-state index contributed by atoms with van der Waals surface area (Å²) in [4.78, 5) is 59.1. The number of alkyl carbamates (subject to hydrolysis) is 1. The van der Waals surface area contributed by atoms with Gasteiger partial charge in [-0.3, -0.25) is 14.4 Å². The van der Waals surface area contributed by atoms with Gasteiger partial charge in [-0.15, -0.1) is 11.3 Å². The van der Waals surface area contributed by atoms with Crippen LogP contribution in [-0.2, 0) is 38.6 Å². The Morgan fingerprint density at radius 1 is 0.940 bits per heavy atom. The van der Waals surface area contributed by atoms with Gasteiger partial charge in [-0.05, 0) is 68.2 Å². The summed E-state index contributed by atoms with van der Waals surface area (Å²) in [5.41, 5.74) is 5.54. The van der Waals surface area contributed by atoms with Crippen LogP contribution in [0.25, 0.3) is 10.4 Å². The maximum atomic E-state index is 13.9. The molecule has 2 aromatic carbocycles. The second-order valence-electron chi connectivity index (χ2n) is 15.0. The van der Waals surface area contributed by atoms with Gasteiger partial charge in [-0.2, -0.15) is 0 Å². The third kappa shape index (κ3) is 11.1. The highest BCUT2D eigenvalue weighted by Gasteiger charge is 2.44. The van der Waals surface area contributed by atoms with Gasteiger partial charge in [0.15, 0.2) is 0 Å². The highest BCUT2D eigenvalue weighted by Crippen LogP contribution is 2.28. The minimum absolute atomic E-state index is 0.0194. The number of ether oxygens (including phenoxy) is 1. The quantitative estimate of drug-likeness (QED) is 0.201. The normalized spacial score (nSPS) is 16.8. The largest absolute Gasteiger partial charge is 0.444 e. The summed E-state index contributed by atoms with van der Waals surface area (Å²) in [6.07, 6.45) is 0.268. The predicted molar refractivity (Wildman–Crippen MR) is 194 cm³/mol. The van der Waals surface area contributed by atoms with Crippen molar-refractivity contribution in [2.45, 2.75) is 111 Å². The summed E-state index contributed by atoms with van der Waals surface area (Å²) >= 11 is 1.58. The zero-order valence-corrected chi connectivity index (χ0v) is 31.0. The molecule has 11 nitrogen and oxygen atoms in total. The van der Waals surface area contributed by atoms with Crippen LogP contribution in [0.1, 0.15) is 83.2 Å². The van der Waals surface area contributed by atoms with E-state index in [9.17, 15) is 24.3 Å². The number of carbonyl (C=O) groups excluding carboxylic acids is 4. The van der Waals surface area contributed by atoms with Crippen molar-refractivity contribution in [2.75, 3.05) is 6.54 Å². The number of rotatable bonds is 12. The highest BCUT2D eigenvalue weighted by atomic mass is 32.1. The fourth-order valence-corrected chi connectivity index (χ4v) is 6.59. The Hall–Kier alpha value is -4.29. The van der Waals surface area contributed by atoms with Crippen LogP contribution in [0.5, 0.6) is 0 Å². The SMILES string of the molecule is Cc1ncsc1-c1ccc(CNC(=O)C2C[C@@H](O)CN2C(=O)[C@@H](NC(=O)CCCc2ccc(CNC(=O)OC(C)(C)C)cc2)C(C)(C)C)cc1. The minimum atomic E-state index is -0.880. The van der Waals surface area contributed by atoms with E-state index in [1.165, 1.54) is 4.90 Å². The molecular weight excluding hydrogens is 655 g/mol. The number of aryl methyl sites for hydroxylation is 2. The Labute approximate surface area is 299 Å². The Balaban J connectivity index is 1.28. The molecule has 1 fully saturated rings. The van der Waals surface area contributed by atoms with Crippen LogP contribution in [0.4, 0.5) is 4.79 Å². The first-order chi connectivity index (χ1) is 23.5. The van der Waals surface area contributed by atoms with Gasteiger partial charge in [0.05, 0.1) is 22.2 Å². The third-order valence-electron chi connectivity index (χ3n) is 8.44. The van der Waals surface area contributed by atoms with Gasteiger partial charge in [0.25, 0.3) is 0 Å². The number of nitrogens with one attached hydrogen (secondary N) is 3. The summed E-state index contributed by atoms with van der Waals surface area (Å²) in [5, 5.41) is 19.1. The van der Waals surface area contributed by atoms with E-state index >= 15 is 0 Å². The predicted octanol–water partition coefficient (Wildman–Crippen LogP) is 5.28. The van der Waals surface area contributed by atoms with Crippen molar-refractivity contribution in [2.24, 2.45) is 5.41 Å². The number of aliphatic hydroxyl groups is 1. The molecule has 4 N–H and O–H groups in total. The lowest BCUT2D eigenvalue weighted by Gasteiger charge is -2.35. The van der Waals surface area contributed by atoms with Crippen molar-refractivity contribution in [3.8, 4) is 10.4 Å². The molecule has 4 amide bonds. The average molecular weight is 706 g/mol. The van der Waals surface area contributed by atoms with E-state index in [-0.39, 0.29) is 43.7 Å². The van der Waals surface area contributed by atoms with Gasteiger partial charge >= 0.3 is 6.09 Å². The van der Waals surface area contributed by atoms with E-state index < -0.39 is 35.3 Å². The first-order valence-electron chi connectivity index (χ1n) is 17.1. The van der Waals surface area contributed by atoms with Crippen LogP contribution in [0.3, 0.4) is 0 Å². The maximum Gasteiger partial charge on any atom is 0.407 e. The molecule has 1 aliphatic heterocycles. The summed E-state index contributed by atoms with van der Waals surface area (Å²) in [6, 6.07) is 14.0. The van der Waals surface area contributed by atoms with Gasteiger partial charge in [0, 0.05) is 32.5 Å². The molecule has 3 aromatic rings. The molecule has 0 spiro atoms. The molecule has 1 aliphatic rings. The van der Waals surface area contributed by atoms with Crippen molar-refractivity contribution in [3.05, 3.63) is 76.4 Å². The first-order valence-corrected chi connectivity index (χ1v) is 18.0. The Kier molecular flexibility index (Phi) is 12.8. The number of hydrogen-bond donors (Lipinski definition) is 4. The molecule has 1 saturated heterocycles. The molecular formula is C38H51N5O6S. The summed E-state index contributed by atoms with van der Waals surface area (Å²) in [7, 11) is 0. The van der Waals surface area contributed by atoms with Crippen LogP contribution in [0.2, 0.25) is 0 Å². The zero-order valence-electron chi connectivity index (χ0n) is 30.2. The second kappa shape index (κ2) is 16.6. The van der Waals surface area contributed by atoms with Crippen molar-refractivity contribution < 1.29 is 29.0 Å². The number of likely N-dealkylation sites (tertiary alicyclic amines) is 1. The van der Waals surface area contributed by atoms with Crippen LogP contribution in [0.15, 0.2) is 54.0 Å². The molecule has 12 heteroatoms. The van der Waals surface area contributed by atoms with Crippen molar-refractivity contribution in [1.29, 1.82) is 0 Å². The van der Waals surface area contributed by atoms with Gasteiger partial charge < -0.3 is 30.7 Å². The fraction of sp³-hybridized carbons (Fsp3) is 0.500. The molecule has 3 atom stereocenters. The Morgan fingerprint density at radius 2 is 1.54 bits per heavy atom. The number of carbonyl (C=O) groups is 4. The molecule has 50 heavy (non-hydrogen) atoms. The van der Waals surface area contributed by atoms with Crippen LogP contribution in [-0.4, -0.2) is 69.1 Å². The Morgan fingerprint density at radius 3 is 2.12 bits per heavy atom. The standard InChI is InChI=1S/C38H51N5O6S/c1-24-32(50-23-41-24)28-17-15-27(16-18-28)20-39-34(46)30-19-29(44)22-43(30)35(47)33(37(2,3)4)42-31(45)10-8-9-25-11-13-26(14-12-25)21-40-36(48)49-38(5,6)7/h11-18,23,29-30,33,44H,8-10,19-22H2,1-7H3,(H,39,46)(H,40,48)(H,42,45)/t29-,30?,33-/m1/s1.